The number of aryl methyl sites for hydroxylation is 1. The number of anilines is 1. The summed E-state index contributed by atoms with van der Waals surface area (Å²) in [5.74, 6) is 1.24. The van der Waals surface area contributed by atoms with E-state index in [0.717, 1.165) is 12.0 Å². The summed E-state index contributed by atoms with van der Waals surface area (Å²) in [6, 6.07) is 13.5. The topological polar surface area (TPSA) is 77.2 Å². The number of nitrogens with zero attached hydrogens (tertiary/aromatic N) is 2. The van der Waals surface area contributed by atoms with Gasteiger partial charge >= 0.3 is 0 Å². The lowest BCUT2D eigenvalue weighted by Gasteiger charge is -2.07. The third-order valence-corrected chi connectivity index (χ3v) is 4.46. The Morgan fingerprint density at radius 3 is 2.81 bits per heavy atom. The van der Waals surface area contributed by atoms with Gasteiger partial charge in [0, 0.05) is 18.5 Å². The normalized spacial score (nSPS) is 18.1. The molecule has 1 aliphatic carbocycles. The molecule has 2 unspecified atom stereocenters. The van der Waals surface area contributed by atoms with Crippen molar-refractivity contribution < 1.29 is 18.4 Å². The average Bonchev–Trinajstić information content (AvgIpc) is 3.37. The first-order valence-electron chi connectivity index (χ1n) is 8.67. The van der Waals surface area contributed by atoms with Gasteiger partial charge in [0.25, 0.3) is 0 Å². The molecule has 4 rings (SSSR count). The molecule has 1 saturated carbocycles. The summed E-state index contributed by atoms with van der Waals surface area (Å²) in [5, 5.41) is 6.65. The molecule has 0 aliphatic heterocycles. The largest absolute Gasteiger partial charge is 0.485 e. The highest BCUT2D eigenvalue weighted by Gasteiger charge is 2.44. The zero-order chi connectivity index (χ0) is 18.8. The number of hydrogen-bond acceptors (Lipinski definition) is 5. The molecule has 0 saturated heterocycles. The van der Waals surface area contributed by atoms with Crippen LogP contribution in [0.15, 0.2) is 53.1 Å². The van der Waals surface area contributed by atoms with Crippen molar-refractivity contribution >= 4 is 11.6 Å². The number of carbonyl (C=O) groups excluding carboxylic acids is 1. The number of rotatable bonds is 6. The van der Waals surface area contributed by atoms with Gasteiger partial charge in [0.15, 0.2) is 6.61 Å². The molecular formula is C20H18FN3O3. The molecule has 27 heavy (non-hydrogen) atoms. The molecule has 2 aromatic carbocycles. The average molecular weight is 367 g/mol. The maximum absolute atomic E-state index is 13.3. The molecule has 1 N–H and O–H groups in total. The van der Waals surface area contributed by atoms with Crippen molar-refractivity contribution in [1.29, 1.82) is 0 Å². The molecule has 138 valence electrons. The van der Waals surface area contributed by atoms with Gasteiger partial charge in [-0.25, -0.2) is 4.39 Å². The number of amides is 1. The second kappa shape index (κ2) is 7.19. The van der Waals surface area contributed by atoms with Crippen LogP contribution in [-0.2, 0) is 11.4 Å². The summed E-state index contributed by atoms with van der Waals surface area (Å²) in [7, 11) is 0. The van der Waals surface area contributed by atoms with Gasteiger partial charge in [-0.15, -0.1) is 0 Å². The van der Waals surface area contributed by atoms with E-state index >= 15 is 0 Å². The van der Waals surface area contributed by atoms with E-state index in [4.69, 9.17) is 9.26 Å². The van der Waals surface area contributed by atoms with Gasteiger partial charge in [-0.3, -0.25) is 4.79 Å². The Morgan fingerprint density at radius 1 is 1.30 bits per heavy atom. The van der Waals surface area contributed by atoms with E-state index in [2.05, 4.69) is 15.5 Å². The third-order valence-electron chi connectivity index (χ3n) is 4.46. The van der Waals surface area contributed by atoms with Gasteiger partial charge in [0.1, 0.15) is 11.6 Å². The number of nitrogens with one attached hydrogen (secondary N) is 1. The quantitative estimate of drug-likeness (QED) is 0.716. The molecule has 1 amide bonds. The molecule has 7 heteroatoms. The highest BCUT2D eigenvalue weighted by atomic mass is 19.1. The van der Waals surface area contributed by atoms with Crippen molar-refractivity contribution in [3.8, 4) is 5.75 Å². The molecular weight excluding hydrogens is 349 g/mol. The molecule has 3 aromatic rings. The third kappa shape index (κ3) is 4.13. The Hall–Kier alpha value is -3.22. The van der Waals surface area contributed by atoms with E-state index in [1.807, 2.05) is 6.07 Å². The van der Waals surface area contributed by atoms with Crippen LogP contribution in [0.4, 0.5) is 10.1 Å². The first-order chi connectivity index (χ1) is 13.1. The van der Waals surface area contributed by atoms with Crippen molar-refractivity contribution in [2.75, 3.05) is 5.32 Å². The summed E-state index contributed by atoms with van der Waals surface area (Å²) in [6.45, 7) is 1.92. The van der Waals surface area contributed by atoms with Crippen LogP contribution in [0.1, 0.15) is 29.6 Å². The van der Waals surface area contributed by atoms with Crippen molar-refractivity contribution in [2.24, 2.45) is 5.92 Å². The summed E-state index contributed by atoms with van der Waals surface area (Å²) in [6.07, 6.45) is 0.737. The highest BCUT2D eigenvalue weighted by molar-refractivity contribution is 5.95. The van der Waals surface area contributed by atoms with Crippen LogP contribution >= 0.6 is 0 Å². The van der Waals surface area contributed by atoms with E-state index in [1.165, 1.54) is 12.1 Å². The predicted molar refractivity (Wildman–Crippen MR) is 95.7 cm³/mol. The Balaban J connectivity index is 1.30. The lowest BCUT2D eigenvalue weighted by Crippen LogP contribution is -2.14. The van der Waals surface area contributed by atoms with Crippen LogP contribution < -0.4 is 10.1 Å². The van der Waals surface area contributed by atoms with Crippen LogP contribution in [0, 0.1) is 18.7 Å². The summed E-state index contributed by atoms with van der Waals surface area (Å²) in [5.41, 5.74) is 1.56. The van der Waals surface area contributed by atoms with Crippen LogP contribution in [0.5, 0.6) is 5.75 Å². The minimum absolute atomic E-state index is 0.0554. The maximum Gasteiger partial charge on any atom is 0.228 e. The molecule has 0 radical (unpaired) electrons. The molecule has 1 fully saturated rings. The van der Waals surface area contributed by atoms with Crippen LogP contribution in [-0.4, -0.2) is 16.0 Å². The van der Waals surface area contributed by atoms with Crippen molar-refractivity contribution in [3.63, 3.8) is 0 Å². The zero-order valence-electron chi connectivity index (χ0n) is 14.7. The number of aromatic nitrogens is 2. The fraction of sp³-hybridized carbons (Fsp3) is 0.250. The summed E-state index contributed by atoms with van der Waals surface area (Å²) >= 11 is 0. The smallest absolute Gasteiger partial charge is 0.228 e. The molecule has 0 spiro atoms. The van der Waals surface area contributed by atoms with Crippen LogP contribution in [0.2, 0.25) is 0 Å². The fourth-order valence-electron chi connectivity index (χ4n) is 3.01. The highest BCUT2D eigenvalue weighted by Crippen LogP contribution is 2.48. The summed E-state index contributed by atoms with van der Waals surface area (Å²) in [4.78, 5) is 16.4. The van der Waals surface area contributed by atoms with Crippen molar-refractivity contribution in [3.05, 3.63) is 71.6 Å². The van der Waals surface area contributed by atoms with E-state index < -0.39 is 0 Å². The van der Waals surface area contributed by atoms with Crippen molar-refractivity contribution in [1.82, 2.24) is 10.1 Å². The number of benzene rings is 2. The second-order valence-electron chi connectivity index (χ2n) is 6.54. The lowest BCUT2D eigenvalue weighted by atomic mass is 10.1. The molecule has 1 aliphatic rings. The van der Waals surface area contributed by atoms with Gasteiger partial charge < -0.3 is 14.6 Å². The minimum atomic E-state index is -0.273. The Morgan fingerprint density at radius 2 is 2.11 bits per heavy atom. The number of halogens is 1. The predicted octanol–water partition coefficient (Wildman–Crippen LogP) is 3.84. The van der Waals surface area contributed by atoms with E-state index in [-0.39, 0.29) is 30.2 Å². The maximum atomic E-state index is 13.3. The monoisotopic (exact) mass is 367 g/mol. The minimum Gasteiger partial charge on any atom is -0.485 e. The molecule has 6 nitrogen and oxygen atoms in total. The summed E-state index contributed by atoms with van der Waals surface area (Å²) < 4.78 is 23.8. The fourth-order valence-corrected chi connectivity index (χ4v) is 3.01. The van der Waals surface area contributed by atoms with Crippen LogP contribution in [0.3, 0.4) is 0 Å². The zero-order valence-corrected chi connectivity index (χ0v) is 14.7. The second-order valence-corrected chi connectivity index (χ2v) is 6.54. The SMILES string of the molecule is Cc1nc(COc2ccc(NC(=O)C3CC3c3cccc(F)c3)cc2)no1. The van der Waals surface area contributed by atoms with Crippen molar-refractivity contribution in [2.45, 2.75) is 25.9 Å². The number of hydrogen-bond donors (Lipinski definition) is 1. The van der Waals surface area contributed by atoms with Gasteiger partial charge in [-0.1, -0.05) is 17.3 Å². The van der Waals surface area contributed by atoms with E-state index in [0.29, 0.717) is 23.2 Å². The first kappa shape index (κ1) is 17.2. The van der Waals surface area contributed by atoms with E-state index in [9.17, 15) is 9.18 Å². The number of ether oxygens (including phenoxy) is 1. The number of carbonyl (C=O) groups is 1. The van der Waals surface area contributed by atoms with Gasteiger partial charge in [-0.2, -0.15) is 4.98 Å². The molecule has 1 heterocycles. The lowest BCUT2D eigenvalue weighted by molar-refractivity contribution is -0.117. The van der Waals surface area contributed by atoms with Gasteiger partial charge in [-0.05, 0) is 54.3 Å². The first-order valence-corrected chi connectivity index (χ1v) is 8.67. The van der Waals surface area contributed by atoms with E-state index in [1.54, 1.807) is 37.3 Å². The molecule has 0 bridgehead atoms. The Bertz CT molecular complexity index is 955. The Labute approximate surface area is 155 Å². The van der Waals surface area contributed by atoms with Crippen LogP contribution in [0.25, 0.3) is 0 Å². The van der Waals surface area contributed by atoms with Gasteiger partial charge in [0.2, 0.25) is 17.6 Å². The molecule has 1 aromatic heterocycles. The van der Waals surface area contributed by atoms with Gasteiger partial charge in [0.05, 0.1) is 0 Å². The molecule has 2 atom stereocenters. The Kier molecular flexibility index (Phi) is 4.58. The standard InChI is InChI=1S/C20H18FN3O3/c1-12-22-19(24-27-12)11-26-16-7-5-15(6-8-16)23-20(25)18-10-17(18)13-3-2-4-14(21)9-13/h2-9,17-18H,10-11H2,1H3,(H,23,25).